The van der Waals surface area contributed by atoms with Crippen LogP contribution in [0.4, 0.5) is 4.79 Å². The van der Waals surface area contributed by atoms with E-state index in [0.29, 0.717) is 35.9 Å². The summed E-state index contributed by atoms with van der Waals surface area (Å²) in [6, 6.07) is 3.06. The monoisotopic (exact) mass is 431 g/mol. The van der Waals surface area contributed by atoms with Crippen molar-refractivity contribution in [3.63, 3.8) is 0 Å². The molecule has 2 aromatic rings. The molecule has 1 heterocycles. The summed E-state index contributed by atoms with van der Waals surface area (Å²) in [6.45, 7) is 6.62. The highest BCUT2D eigenvalue weighted by molar-refractivity contribution is 5.92. The highest BCUT2D eigenvalue weighted by Crippen LogP contribution is 2.51. The fourth-order valence-electron chi connectivity index (χ4n) is 3.94. The number of nitrogens with zero attached hydrogens (tertiary/aromatic N) is 1. The number of hydrogen-bond donors (Lipinski definition) is 0. The number of imide groups is 1. The number of fused-ring (bicyclic) bond motifs is 3. The Balaban J connectivity index is 2.17. The van der Waals surface area contributed by atoms with Gasteiger partial charge in [0.25, 0.3) is 0 Å². The summed E-state index contributed by atoms with van der Waals surface area (Å²) in [6.07, 6.45) is 1.83. The first-order chi connectivity index (χ1) is 14.6. The van der Waals surface area contributed by atoms with Crippen LogP contribution in [-0.4, -0.2) is 43.8 Å². The Morgan fingerprint density at radius 1 is 1.10 bits per heavy atom. The molecule has 0 unspecified atom stereocenters. The van der Waals surface area contributed by atoms with Crippen molar-refractivity contribution in [3.05, 3.63) is 29.7 Å². The van der Waals surface area contributed by atoms with E-state index in [0.717, 1.165) is 21.6 Å². The van der Waals surface area contributed by atoms with Crippen LogP contribution in [-0.2, 0) is 16.0 Å². The number of benzene rings is 1. The van der Waals surface area contributed by atoms with Crippen LogP contribution in [0.2, 0.25) is 0 Å². The van der Waals surface area contributed by atoms with Crippen LogP contribution < -0.4 is 14.2 Å². The fraction of sp³-hybridized carbons (Fsp3) is 0.478. The van der Waals surface area contributed by atoms with Crippen molar-refractivity contribution < 1.29 is 33.0 Å². The van der Waals surface area contributed by atoms with Crippen LogP contribution in [0.5, 0.6) is 17.2 Å². The van der Waals surface area contributed by atoms with Crippen molar-refractivity contribution in [2.24, 2.45) is 0 Å². The van der Waals surface area contributed by atoms with Gasteiger partial charge in [-0.25, -0.2) is 9.69 Å². The molecular weight excluding hydrogens is 402 g/mol. The van der Waals surface area contributed by atoms with Gasteiger partial charge < -0.3 is 23.4 Å². The van der Waals surface area contributed by atoms with Crippen LogP contribution in [0.3, 0.4) is 0 Å². The molecule has 0 bridgehead atoms. The topological polar surface area (TPSA) is 87.4 Å². The zero-order valence-electron chi connectivity index (χ0n) is 19.0. The van der Waals surface area contributed by atoms with Crippen molar-refractivity contribution in [2.45, 2.75) is 52.2 Å². The molecule has 1 aliphatic rings. The van der Waals surface area contributed by atoms with Gasteiger partial charge in [-0.1, -0.05) is 0 Å². The minimum Gasteiger partial charge on any atom is -0.493 e. The molecule has 2 amide bonds. The number of rotatable bonds is 4. The summed E-state index contributed by atoms with van der Waals surface area (Å²) >= 11 is 0. The standard InChI is InChI=1S/C23H29NO7/c1-13(25)24(22(26)31-23(2,3)4)16-9-8-14-12-17(27-5)20(28-6)21(29-7)18(14)15-10-11-30-19(15)16/h10-12,16H,8-9H2,1-7H3/t16-/m0/s1. The first-order valence-electron chi connectivity index (χ1n) is 10.0. The third-order valence-corrected chi connectivity index (χ3v) is 5.11. The molecule has 1 aliphatic carbocycles. The molecule has 3 rings (SSSR count). The van der Waals surface area contributed by atoms with Gasteiger partial charge in [0.1, 0.15) is 17.4 Å². The molecule has 8 nitrogen and oxygen atoms in total. The summed E-state index contributed by atoms with van der Waals surface area (Å²) in [4.78, 5) is 26.6. The Labute approximate surface area is 182 Å². The van der Waals surface area contributed by atoms with E-state index in [1.807, 2.05) is 6.07 Å². The SMILES string of the molecule is COc1cc2c(c(OC)c1OC)-c1ccoc1[C@@H](N(C(C)=O)C(=O)OC(C)(C)C)CC2. The van der Waals surface area contributed by atoms with Crippen molar-refractivity contribution >= 4 is 12.0 Å². The van der Waals surface area contributed by atoms with Gasteiger partial charge in [0.05, 0.1) is 27.6 Å². The smallest absolute Gasteiger partial charge is 0.417 e. The zero-order valence-corrected chi connectivity index (χ0v) is 19.0. The van der Waals surface area contributed by atoms with E-state index in [4.69, 9.17) is 23.4 Å². The highest BCUT2D eigenvalue weighted by Gasteiger charge is 2.39. The molecule has 31 heavy (non-hydrogen) atoms. The third kappa shape index (κ3) is 4.19. The number of methoxy groups -OCH3 is 3. The quantitative estimate of drug-likeness (QED) is 0.691. The minimum atomic E-state index is -0.742. The maximum atomic E-state index is 12.9. The summed E-state index contributed by atoms with van der Waals surface area (Å²) < 4.78 is 28.1. The Bertz CT molecular complexity index is 987. The number of ether oxygens (including phenoxy) is 4. The summed E-state index contributed by atoms with van der Waals surface area (Å²) in [5.74, 6) is 1.58. The van der Waals surface area contributed by atoms with E-state index in [2.05, 4.69) is 0 Å². The number of aryl methyl sites for hydroxylation is 1. The summed E-state index contributed by atoms with van der Waals surface area (Å²) in [5.41, 5.74) is 1.71. The molecule has 0 fully saturated rings. The van der Waals surface area contributed by atoms with Gasteiger partial charge >= 0.3 is 6.09 Å². The fourth-order valence-corrected chi connectivity index (χ4v) is 3.94. The maximum absolute atomic E-state index is 12.9. The van der Waals surface area contributed by atoms with Gasteiger partial charge in [0.2, 0.25) is 11.7 Å². The van der Waals surface area contributed by atoms with Crippen LogP contribution in [0.25, 0.3) is 11.1 Å². The first-order valence-corrected chi connectivity index (χ1v) is 10.0. The van der Waals surface area contributed by atoms with Crippen LogP contribution in [0, 0.1) is 0 Å². The molecule has 0 spiro atoms. The van der Waals surface area contributed by atoms with Gasteiger partial charge in [0, 0.05) is 18.1 Å². The van der Waals surface area contributed by atoms with E-state index in [1.54, 1.807) is 48.2 Å². The molecule has 0 N–H and O–H groups in total. The number of hydrogen-bond acceptors (Lipinski definition) is 7. The number of amides is 2. The Morgan fingerprint density at radius 2 is 1.77 bits per heavy atom. The van der Waals surface area contributed by atoms with Crippen molar-refractivity contribution in [1.82, 2.24) is 4.90 Å². The Hall–Kier alpha value is -3.16. The normalized spacial score (nSPS) is 15.3. The Kier molecular flexibility index (Phi) is 6.20. The second-order valence-electron chi connectivity index (χ2n) is 8.30. The van der Waals surface area contributed by atoms with E-state index in [9.17, 15) is 9.59 Å². The average molecular weight is 431 g/mol. The third-order valence-electron chi connectivity index (χ3n) is 5.11. The van der Waals surface area contributed by atoms with Crippen LogP contribution in [0.15, 0.2) is 22.8 Å². The lowest BCUT2D eigenvalue weighted by molar-refractivity contribution is -0.130. The molecule has 0 aliphatic heterocycles. The van der Waals surface area contributed by atoms with Crippen molar-refractivity contribution in [1.29, 1.82) is 0 Å². The maximum Gasteiger partial charge on any atom is 0.417 e. The molecule has 0 radical (unpaired) electrons. The van der Waals surface area contributed by atoms with E-state index < -0.39 is 23.6 Å². The van der Waals surface area contributed by atoms with Gasteiger partial charge in [-0.05, 0) is 51.3 Å². The Morgan fingerprint density at radius 3 is 2.32 bits per heavy atom. The molecule has 1 aromatic heterocycles. The largest absolute Gasteiger partial charge is 0.493 e. The molecule has 0 saturated carbocycles. The van der Waals surface area contributed by atoms with Crippen LogP contribution in [0.1, 0.15) is 51.5 Å². The average Bonchev–Trinajstić information content (AvgIpc) is 3.11. The molecule has 8 heteroatoms. The van der Waals surface area contributed by atoms with Gasteiger partial charge in [-0.3, -0.25) is 4.79 Å². The predicted octanol–water partition coefficient (Wildman–Crippen LogP) is 4.74. The molecule has 1 atom stereocenters. The van der Waals surface area contributed by atoms with E-state index in [1.165, 1.54) is 13.2 Å². The van der Waals surface area contributed by atoms with Gasteiger partial charge in [-0.2, -0.15) is 0 Å². The van der Waals surface area contributed by atoms with E-state index in [-0.39, 0.29) is 0 Å². The van der Waals surface area contributed by atoms with Crippen LogP contribution >= 0.6 is 0 Å². The first kappa shape index (κ1) is 22.5. The summed E-state index contributed by atoms with van der Waals surface area (Å²) in [7, 11) is 4.66. The molecular formula is C23H29NO7. The number of carbonyl (C=O) groups is 2. The van der Waals surface area contributed by atoms with Gasteiger partial charge in [0.15, 0.2) is 11.5 Å². The summed E-state index contributed by atoms with van der Waals surface area (Å²) in [5, 5.41) is 0. The number of carbonyl (C=O) groups excluding carboxylic acids is 2. The van der Waals surface area contributed by atoms with Gasteiger partial charge in [-0.15, -0.1) is 0 Å². The second-order valence-corrected chi connectivity index (χ2v) is 8.30. The zero-order chi connectivity index (χ0) is 22.9. The number of furan rings is 1. The molecule has 168 valence electrons. The lowest BCUT2D eigenvalue weighted by Gasteiger charge is -2.30. The van der Waals surface area contributed by atoms with E-state index >= 15 is 0 Å². The van der Waals surface area contributed by atoms with Crippen molar-refractivity contribution in [2.75, 3.05) is 21.3 Å². The lowest BCUT2D eigenvalue weighted by atomic mass is 9.97. The molecule has 0 saturated heterocycles. The second kappa shape index (κ2) is 8.53. The highest BCUT2D eigenvalue weighted by atomic mass is 16.6. The lowest BCUT2D eigenvalue weighted by Crippen LogP contribution is -2.42. The van der Waals surface area contributed by atoms with Crippen molar-refractivity contribution in [3.8, 4) is 28.4 Å². The molecule has 1 aromatic carbocycles. The predicted molar refractivity (Wildman–Crippen MR) is 114 cm³/mol. The minimum absolute atomic E-state index is 0.422.